The van der Waals surface area contributed by atoms with Crippen LogP contribution in [0.25, 0.3) is 0 Å². The quantitative estimate of drug-likeness (QED) is 0.595. The van der Waals surface area contributed by atoms with E-state index in [-0.39, 0.29) is 22.8 Å². The Hall–Kier alpha value is -2.20. The van der Waals surface area contributed by atoms with Crippen molar-refractivity contribution in [2.75, 3.05) is 25.0 Å². The van der Waals surface area contributed by atoms with E-state index >= 15 is 0 Å². The van der Waals surface area contributed by atoms with E-state index in [2.05, 4.69) is 48.5 Å². The van der Waals surface area contributed by atoms with Crippen LogP contribution in [0.4, 0.5) is 10.1 Å². The Morgan fingerprint density at radius 3 is 2.72 bits per heavy atom. The number of benzene rings is 2. The van der Waals surface area contributed by atoms with Gasteiger partial charge in [0.25, 0.3) is 5.91 Å². The van der Waals surface area contributed by atoms with Crippen LogP contribution in [0.15, 0.2) is 53.0 Å². The molecule has 150 valence electrons. The van der Waals surface area contributed by atoms with Gasteiger partial charge in [-0.1, -0.05) is 39.4 Å². The number of ether oxygens (including phenoxy) is 1. The van der Waals surface area contributed by atoms with Crippen LogP contribution in [0.3, 0.4) is 0 Å². The molecule has 1 fully saturated rings. The van der Waals surface area contributed by atoms with E-state index in [0.717, 1.165) is 28.1 Å². The van der Waals surface area contributed by atoms with Gasteiger partial charge in [0.1, 0.15) is 10.8 Å². The van der Waals surface area contributed by atoms with Crippen LogP contribution in [0.1, 0.15) is 26.5 Å². The van der Waals surface area contributed by atoms with E-state index in [4.69, 9.17) is 4.74 Å². The Balaban J connectivity index is 1.36. The molecule has 1 aromatic heterocycles. The number of amides is 1. The number of carbonyl (C=O) groups excluding carboxylic acids is 1. The molecule has 6 nitrogen and oxygen atoms in total. The first-order chi connectivity index (χ1) is 14.1. The van der Waals surface area contributed by atoms with Crippen molar-refractivity contribution >= 4 is 38.9 Å². The smallest absolute Gasteiger partial charge is 0.286 e. The van der Waals surface area contributed by atoms with E-state index in [9.17, 15) is 9.18 Å². The summed E-state index contributed by atoms with van der Waals surface area (Å²) < 4.78 is 19.9. The Bertz CT molecular complexity index is 981. The van der Waals surface area contributed by atoms with Crippen LogP contribution in [0, 0.1) is 5.82 Å². The molecule has 1 saturated heterocycles. The molecule has 1 unspecified atom stereocenters. The summed E-state index contributed by atoms with van der Waals surface area (Å²) in [7, 11) is 0. The first-order valence-corrected chi connectivity index (χ1v) is 10.7. The zero-order chi connectivity index (χ0) is 20.2. The number of hydrogen-bond acceptors (Lipinski definition) is 6. The van der Waals surface area contributed by atoms with Gasteiger partial charge in [-0.15, -0.1) is 10.2 Å². The molecule has 1 atom stereocenters. The van der Waals surface area contributed by atoms with Crippen molar-refractivity contribution in [2.24, 2.45) is 0 Å². The predicted molar refractivity (Wildman–Crippen MR) is 112 cm³/mol. The van der Waals surface area contributed by atoms with Gasteiger partial charge < -0.3 is 10.1 Å². The highest BCUT2D eigenvalue weighted by molar-refractivity contribution is 9.10. The SMILES string of the molecule is O=C(Nc1ccc(F)cc1)c1nnc(CN2CCOC(c3ccc(Br)cc3)C2)s1. The zero-order valence-electron chi connectivity index (χ0n) is 15.3. The van der Waals surface area contributed by atoms with Crippen molar-refractivity contribution in [1.82, 2.24) is 15.1 Å². The monoisotopic (exact) mass is 476 g/mol. The van der Waals surface area contributed by atoms with E-state index in [1.165, 1.54) is 35.6 Å². The fraction of sp³-hybridized carbons (Fsp3) is 0.250. The lowest BCUT2D eigenvalue weighted by atomic mass is 10.1. The Labute approximate surface area is 179 Å². The van der Waals surface area contributed by atoms with E-state index in [1.807, 2.05) is 12.1 Å². The molecule has 1 aliphatic heterocycles. The van der Waals surface area contributed by atoms with Gasteiger partial charge in [0.05, 0.1) is 19.3 Å². The van der Waals surface area contributed by atoms with Gasteiger partial charge in [0.15, 0.2) is 0 Å². The number of hydrogen-bond donors (Lipinski definition) is 1. The molecule has 9 heteroatoms. The molecule has 2 aromatic carbocycles. The van der Waals surface area contributed by atoms with Crippen molar-refractivity contribution in [3.05, 3.63) is 74.4 Å². The maximum absolute atomic E-state index is 13.0. The molecule has 29 heavy (non-hydrogen) atoms. The lowest BCUT2D eigenvalue weighted by Gasteiger charge is -2.32. The average molecular weight is 477 g/mol. The summed E-state index contributed by atoms with van der Waals surface area (Å²) in [6, 6.07) is 13.7. The number of halogens is 2. The van der Waals surface area contributed by atoms with Crippen LogP contribution in [-0.4, -0.2) is 40.7 Å². The summed E-state index contributed by atoms with van der Waals surface area (Å²) >= 11 is 4.71. The minimum atomic E-state index is -0.354. The van der Waals surface area contributed by atoms with Crippen LogP contribution in [0.2, 0.25) is 0 Å². The van der Waals surface area contributed by atoms with Gasteiger partial charge in [-0.05, 0) is 42.0 Å². The van der Waals surface area contributed by atoms with E-state index in [0.29, 0.717) is 18.8 Å². The fourth-order valence-corrected chi connectivity index (χ4v) is 4.09. The maximum Gasteiger partial charge on any atom is 0.286 e. The summed E-state index contributed by atoms with van der Waals surface area (Å²) in [6.45, 7) is 2.79. The molecule has 1 aliphatic rings. The summed E-state index contributed by atoms with van der Waals surface area (Å²) in [6.07, 6.45) is 0.00557. The van der Waals surface area contributed by atoms with Gasteiger partial charge in [-0.2, -0.15) is 0 Å². The first kappa shape index (κ1) is 20.1. The lowest BCUT2D eigenvalue weighted by molar-refractivity contribution is -0.0330. The molecule has 0 bridgehead atoms. The second-order valence-corrected chi connectivity index (χ2v) is 8.59. The van der Waals surface area contributed by atoms with Crippen molar-refractivity contribution in [3.8, 4) is 0 Å². The zero-order valence-corrected chi connectivity index (χ0v) is 17.7. The molecular formula is C20H18BrFN4O2S. The van der Waals surface area contributed by atoms with E-state index in [1.54, 1.807) is 0 Å². The molecule has 0 saturated carbocycles. The molecule has 1 amide bonds. The number of rotatable bonds is 5. The lowest BCUT2D eigenvalue weighted by Crippen LogP contribution is -2.37. The average Bonchev–Trinajstić information content (AvgIpc) is 3.19. The molecule has 1 N–H and O–H groups in total. The highest BCUT2D eigenvalue weighted by Crippen LogP contribution is 2.25. The fourth-order valence-electron chi connectivity index (χ4n) is 3.04. The van der Waals surface area contributed by atoms with Crippen LogP contribution in [0.5, 0.6) is 0 Å². The summed E-state index contributed by atoms with van der Waals surface area (Å²) in [5, 5.41) is 11.9. The van der Waals surface area contributed by atoms with E-state index < -0.39 is 0 Å². The maximum atomic E-state index is 13.0. The third-order valence-electron chi connectivity index (χ3n) is 4.51. The molecule has 0 aliphatic carbocycles. The second kappa shape index (κ2) is 9.08. The number of carbonyl (C=O) groups is 1. The number of anilines is 1. The number of nitrogens with one attached hydrogen (secondary N) is 1. The van der Waals surface area contributed by atoms with Gasteiger partial charge >= 0.3 is 0 Å². The molecule has 0 spiro atoms. The first-order valence-electron chi connectivity index (χ1n) is 9.05. The minimum absolute atomic E-state index is 0.00557. The number of morpholine rings is 1. The van der Waals surface area contributed by atoms with Gasteiger partial charge in [-0.25, -0.2) is 4.39 Å². The molecule has 2 heterocycles. The largest absolute Gasteiger partial charge is 0.371 e. The highest BCUT2D eigenvalue weighted by atomic mass is 79.9. The standard InChI is InChI=1S/C20H18BrFN4O2S/c21-14-3-1-13(2-4-14)17-11-26(9-10-28-17)12-18-24-25-20(29-18)19(27)23-16-7-5-15(22)6-8-16/h1-8,17H,9-12H2,(H,23,27). The van der Waals surface area contributed by atoms with Gasteiger partial charge in [-0.3, -0.25) is 9.69 Å². The van der Waals surface area contributed by atoms with Gasteiger partial charge in [0.2, 0.25) is 5.01 Å². The Kier molecular flexibility index (Phi) is 6.29. The van der Waals surface area contributed by atoms with Crippen molar-refractivity contribution in [1.29, 1.82) is 0 Å². The van der Waals surface area contributed by atoms with Crippen LogP contribution < -0.4 is 5.32 Å². The third kappa shape index (κ3) is 5.24. The molecular weight excluding hydrogens is 459 g/mol. The topological polar surface area (TPSA) is 67.4 Å². The highest BCUT2D eigenvalue weighted by Gasteiger charge is 2.23. The summed E-state index contributed by atoms with van der Waals surface area (Å²) in [4.78, 5) is 14.6. The number of aromatic nitrogens is 2. The summed E-state index contributed by atoms with van der Waals surface area (Å²) in [5.41, 5.74) is 1.65. The normalized spacial score (nSPS) is 17.2. The third-order valence-corrected chi connectivity index (χ3v) is 5.95. The van der Waals surface area contributed by atoms with Crippen molar-refractivity contribution in [2.45, 2.75) is 12.6 Å². The van der Waals surface area contributed by atoms with Crippen LogP contribution >= 0.6 is 27.3 Å². The Morgan fingerprint density at radius 2 is 1.97 bits per heavy atom. The second-order valence-electron chi connectivity index (χ2n) is 6.61. The predicted octanol–water partition coefficient (Wildman–Crippen LogP) is 4.27. The number of nitrogens with zero attached hydrogens (tertiary/aromatic N) is 3. The molecule has 4 rings (SSSR count). The van der Waals surface area contributed by atoms with Crippen molar-refractivity contribution < 1.29 is 13.9 Å². The minimum Gasteiger partial charge on any atom is -0.371 e. The Morgan fingerprint density at radius 1 is 1.21 bits per heavy atom. The van der Waals surface area contributed by atoms with Gasteiger partial charge in [0, 0.05) is 23.2 Å². The van der Waals surface area contributed by atoms with Crippen LogP contribution in [-0.2, 0) is 11.3 Å². The summed E-state index contributed by atoms with van der Waals surface area (Å²) in [5.74, 6) is -0.705. The van der Waals surface area contributed by atoms with Crippen molar-refractivity contribution in [3.63, 3.8) is 0 Å². The molecule has 3 aromatic rings. The molecule has 0 radical (unpaired) electrons.